The third-order valence-corrected chi connectivity index (χ3v) is 11.6. The summed E-state index contributed by atoms with van der Waals surface area (Å²) in [7, 11) is 0. The van der Waals surface area contributed by atoms with Crippen molar-refractivity contribution in [2.75, 3.05) is 4.90 Å². The molecule has 3 aliphatic rings. The normalized spacial score (nSPS) is 14.7. The van der Waals surface area contributed by atoms with E-state index in [-0.39, 0.29) is 0 Å². The fourth-order valence-corrected chi connectivity index (χ4v) is 9.14. The van der Waals surface area contributed by atoms with E-state index >= 15 is 0 Å². The van der Waals surface area contributed by atoms with Gasteiger partial charge in [0.1, 0.15) is 0 Å². The number of para-hydroxylation sites is 3. The Morgan fingerprint density at radius 2 is 1.05 bits per heavy atom. The van der Waals surface area contributed by atoms with E-state index < -0.39 is 5.41 Å². The summed E-state index contributed by atoms with van der Waals surface area (Å²) in [6, 6.07) is 59.5. The summed E-state index contributed by atoms with van der Waals surface area (Å²) in [5.74, 6) is 2.02. The molecule has 0 N–H and O–H groups in total. The van der Waals surface area contributed by atoms with Gasteiger partial charge in [-0.25, -0.2) is 15.0 Å². The fraction of sp³-hybridized carbons (Fsp3) is 0.0577. The first-order valence-corrected chi connectivity index (χ1v) is 19.3. The molecule has 1 spiro atoms. The van der Waals surface area contributed by atoms with Gasteiger partial charge in [0.05, 0.1) is 16.8 Å². The summed E-state index contributed by atoms with van der Waals surface area (Å²) < 4.78 is 0. The van der Waals surface area contributed by atoms with Crippen molar-refractivity contribution in [3.05, 3.63) is 233 Å². The lowest BCUT2D eigenvalue weighted by Crippen LogP contribution is -2.41. The van der Waals surface area contributed by atoms with Crippen LogP contribution in [0, 0.1) is 0 Å². The molecular formula is C52H36N4. The van der Waals surface area contributed by atoms with Gasteiger partial charge >= 0.3 is 0 Å². The van der Waals surface area contributed by atoms with Crippen LogP contribution in [0.5, 0.6) is 0 Å². The van der Waals surface area contributed by atoms with E-state index in [1.54, 1.807) is 0 Å². The van der Waals surface area contributed by atoms with Gasteiger partial charge in [-0.2, -0.15) is 0 Å². The van der Waals surface area contributed by atoms with E-state index in [4.69, 9.17) is 15.0 Å². The Balaban J connectivity index is 1.17. The van der Waals surface area contributed by atoms with Gasteiger partial charge in [0.2, 0.25) is 0 Å². The van der Waals surface area contributed by atoms with Gasteiger partial charge in [0, 0.05) is 22.4 Å². The average Bonchev–Trinajstić information content (AvgIpc) is 3.56. The van der Waals surface area contributed by atoms with Gasteiger partial charge in [-0.3, -0.25) is 0 Å². The van der Waals surface area contributed by atoms with Gasteiger partial charge < -0.3 is 4.90 Å². The molecule has 0 radical (unpaired) electrons. The van der Waals surface area contributed by atoms with E-state index in [2.05, 4.69) is 199 Å². The molecule has 4 heteroatoms. The van der Waals surface area contributed by atoms with Gasteiger partial charge in [0.15, 0.2) is 17.5 Å². The highest BCUT2D eigenvalue weighted by Gasteiger charge is 2.50. The van der Waals surface area contributed by atoms with Gasteiger partial charge in [0.25, 0.3) is 0 Å². The second-order valence-corrected chi connectivity index (χ2v) is 14.7. The lowest BCUT2D eigenvalue weighted by molar-refractivity contribution is 0.693. The van der Waals surface area contributed by atoms with Crippen molar-refractivity contribution in [1.82, 2.24) is 15.0 Å². The standard InChI is InChI=1S/C52H36N4/c1-2-5-18-36(17-4-1)49-53-50(40-30-28-35-16-8-9-19-37(35)32-40)55-51(54-49)41-31-29-39-33-38-20-10-11-23-43(38)52(46(39)34-41)44-24-12-14-26-47(44)56(42-21-6-3-7-22-42)48-27-15-13-25-45(48)52/h1-17,19-32,34H,18,33H2. The van der Waals surface area contributed by atoms with E-state index in [0.717, 1.165) is 40.6 Å². The van der Waals surface area contributed by atoms with Crippen LogP contribution in [0.15, 0.2) is 194 Å². The molecule has 264 valence electrons. The first-order chi connectivity index (χ1) is 27.8. The van der Waals surface area contributed by atoms with Crippen LogP contribution in [-0.4, -0.2) is 15.0 Å². The smallest absolute Gasteiger partial charge is 0.164 e. The molecule has 0 saturated carbocycles. The Morgan fingerprint density at radius 1 is 0.446 bits per heavy atom. The van der Waals surface area contributed by atoms with Crippen LogP contribution in [0.2, 0.25) is 0 Å². The number of allylic oxidation sites excluding steroid dienone is 6. The van der Waals surface area contributed by atoms with Crippen LogP contribution in [0.3, 0.4) is 0 Å². The Kier molecular flexibility index (Phi) is 7.49. The molecule has 0 fully saturated rings. The minimum absolute atomic E-state index is 0.588. The highest BCUT2D eigenvalue weighted by atomic mass is 15.2. The maximum absolute atomic E-state index is 5.27. The van der Waals surface area contributed by atoms with Gasteiger partial charge in [-0.15, -0.1) is 0 Å². The summed E-state index contributed by atoms with van der Waals surface area (Å²) in [4.78, 5) is 18.1. The Bertz CT molecular complexity index is 2890. The van der Waals surface area contributed by atoms with Crippen molar-refractivity contribution in [2.24, 2.45) is 0 Å². The maximum Gasteiger partial charge on any atom is 0.164 e. The van der Waals surface area contributed by atoms with Gasteiger partial charge in [-0.05, 0) is 93.4 Å². The summed E-state index contributed by atoms with van der Waals surface area (Å²) in [5.41, 5.74) is 13.6. The third kappa shape index (κ3) is 5.03. The summed E-state index contributed by atoms with van der Waals surface area (Å²) in [6.07, 6.45) is 12.1. The average molecular weight is 717 g/mol. The van der Waals surface area contributed by atoms with Crippen molar-refractivity contribution in [1.29, 1.82) is 0 Å². The second-order valence-electron chi connectivity index (χ2n) is 14.7. The van der Waals surface area contributed by atoms with Gasteiger partial charge in [-0.1, -0.05) is 158 Å². The number of hydrogen-bond donors (Lipinski definition) is 0. The molecule has 7 aromatic carbocycles. The SMILES string of the molecule is C1=CC=C(c2nc(-c3ccc4c(c3)C3(c5ccccc5C4)c4ccccc4N(c4ccccc4)c4ccccc43)nc(-c3ccc4ccccc4c3)n2)CC=C1. The van der Waals surface area contributed by atoms with Crippen LogP contribution in [0.1, 0.15) is 45.6 Å². The molecule has 2 aliphatic carbocycles. The summed E-state index contributed by atoms with van der Waals surface area (Å²) >= 11 is 0. The van der Waals surface area contributed by atoms with E-state index in [1.165, 1.54) is 50.1 Å². The minimum Gasteiger partial charge on any atom is -0.310 e. The van der Waals surface area contributed by atoms with Crippen molar-refractivity contribution in [3.63, 3.8) is 0 Å². The van der Waals surface area contributed by atoms with Crippen molar-refractivity contribution in [2.45, 2.75) is 18.3 Å². The molecule has 8 aromatic rings. The van der Waals surface area contributed by atoms with Crippen LogP contribution < -0.4 is 4.90 Å². The van der Waals surface area contributed by atoms with Crippen LogP contribution in [0.25, 0.3) is 39.1 Å². The number of aromatic nitrogens is 3. The largest absolute Gasteiger partial charge is 0.310 e. The van der Waals surface area contributed by atoms with Crippen molar-refractivity contribution >= 4 is 33.4 Å². The Hall–Kier alpha value is -7.17. The Morgan fingerprint density at radius 3 is 1.84 bits per heavy atom. The maximum atomic E-state index is 5.27. The van der Waals surface area contributed by atoms with Crippen LogP contribution in [0.4, 0.5) is 17.1 Å². The fourth-order valence-electron chi connectivity index (χ4n) is 9.14. The van der Waals surface area contributed by atoms with Crippen molar-refractivity contribution < 1.29 is 0 Å². The summed E-state index contributed by atoms with van der Waals surface area (Å²) in [5, 5.41) is 2.34. The topological polar surface area (TPSA) is 41.9 Å². The molecule has 1 aliphatic heterocycles. The number of rotatable bonds is 4. The lowest BCUT2D eigenvalue weighted by atomic mass is 9.57. The number of fused-ring (bicyclic) bond motifs is 9. The molecule has 0 unspecified atom stereocenters. The monoisotopic (exact) mass is 716 g/mol. The molecular weight excluding hydrogens is 681 g/mol. The predicted molar refractivity (Wildman–Crippen MR) is 228 cm³/mol. The molecule has 0 saturated heterocycles. The second kappa shape index (κ2) is 13.0. The third-order valence-electron chi connectivity index (χ3n) is 11.6. The zero-order valence-corrected chi connectivity index (χ0v) is 30.7. The minimum atomic E-state index is -0.588. The van der Waals surface area contributed by atoms with E-state index in [0.29, 0.717) is 17.5 Å². The Labute approximate surface area is 326 Å². The highest BCUT2D eigenvalue weighted by molar-refractivity contribution is 5.91. The molecule has 4 nitrogen and oxygen atoms in total. The summed E-state index contributed by atoms with van der Waals surface area (Å²) in [6.45, 7) is 0. The molecule has 0 amide bonds. The zero-order chi connectivity index (χ0) is 37.1. The van der Waals surface area contributed by atoms with Crippen molar-refractivity contribution in [3.8, 4) is 22.8 Å². The number of anilines is 3. The van der Waals surface area contributed by atoms with Crippen LogP contribution >= 0.6 is 0 Å². The number of nitrogens with zero attached hydrogens (tertiary/aromatic N) is 4. The van der Waals surface area contributed by atoms with Crippen LogP contribution in [-0.2, 0) is 11.8 Å². The van der Waals surface area contributed by atoms with E-state index in [9.17, 15) is 0 Å². The molecule has 11 rings (SSSR count). The first kappa shape index (κ1) is 32.3. The number of hydrogen-bond acceptors (Lipinski definition) is 4. The molecule has 0 atom stereocenters. The highest BCUT2D eigenvalue weighted by Crippen LogP contribution is 2.60. The zero-order valence-electron chi connectivity index (χ0n) is 30.7. The quantitative estimate of drug-likeness (QED) is 0.182. The number of benzene rings is 7. The molecule has 56 heavy (non-hydrogen) atoms. The van der Waals surface area contributed by atoms with E-state index in [1.807, 2.05) is 0 Å². The molecule has 0 bridgehead atoms. The molecule has 1 aromatic heterocycles. The lowest BCUT2D eigenvalue weighted by Gasteiger charge is -2.49. The first-order valence-electron chi connectivity index (χ1n) is 19.3. The predicted octanol–water partition coefficient (Wildman–Crippen LogP) is 12.3. The molecule has 2 heterocycles.